The summed E-state index contributed by atoms with van der Waals surface area (Å²) in [5.74, 6) is -0.295. The van der Waals surface area contributed by atoms with E-state index in [0.717, 1.165) is 12.0 Å². The van der Waals surface area contributed by atoms with Crippen LogP contribution in [0.4, 0.5) is 0 Å². The summed E-state index contributed by atoms with van der Waals surface area (Å²) in [5, 5.41) is 0. The van der Waals surface area contributed by atoms with Crippen LogP contribution in [0.2, 0.25) is 0 Å². The third-order valence-corrected chi connectivity index (χ3v) is 4.88. The molecule has 1 aliphatic heterocycles. The van der Waals surface area contributed by atoms with Crippen LogP contribution in [0, 0.1) is 5.92 Å². The van der Waals surface area contributed by atoms with Gasteiger partial charge in [-0.1, -0.05) is 67.6 Å². The molecule has 1 unspecified atom stereocenters. The van der Waals surface area contributed by atoms with Crippen molar-refractivity contribution < 1.29 is 9.47 Å². The van der Waals surface area contributed by atoms with Gasteiger partial charge in [-0.15, -0.1) is 0 Å². The van der Waals surface area contributed by atoms with Crippen molar-refractivity contribution in [3.05, 3.63) is 71.8 Å². The maximum absolute atomic E-state index is 6.32. The number of benzene rings is 2. The van der Waals surface area contributed by atoms with Crippen molar-refractivity contribution >= 4 is 0 Å². The van der Waals surface area contributed by atoms with Gasteiger partial charge in [0.15, 0.2) is 5.79 Å². The van der Waals surface area contributed by atoms with E-state index >= 15 is 0 Å². The fraction of sp³-hybridized carbons (Fsp3) is 0.429. The van der Waals surface area contributed by atoms with E-state index in [-0.39, 0.29) is 6.04 Å². The van der Waals surface area contributed by atoms with Gasteiger partial charge >= 0.3 is 0 Å². The second-order valence-corrected chi connectivity index (χ2v) is 6.67. The van der Waals surface area contributed by atoms with Crippen LogP contribution in [0.5, 0.6) is 0 Å². The molecule has 0 aliphatic carbocycles. The maximum atomic E-state index is 6.32. The van der Waals surface area contributed by atoms with Crippen molar-refractivity contribution in [1.29, 1.82) is 0 Å². The van der Waals surface area contributed by atoms with Gasteiger partial charge in [-0.2, -0.15) is 0 Å². The molecule has 3 nitrogen and oxygen atoms in total. The minimum atomic E-state index is -0.606. The zero-order chi connectivity index (χ0) is 17.0. The molecule has 0 spiro atoms. The van der Waals surface area contributed by atoms with Crippen LogP contribution < -0.4 is 0 Å². The van der Waals surface area contributed by atoms with Crippen LogP contribution in [0.3, 0.4) is 0 Å². The third kappa shape index (κ3) is 3.39. The Morgan fingerprint density at radius 2 is 1.50 bits per heavy atom. The highest BCUT2D eigenvalue weighted by Crippen LogP contribution is 2.39. The largest absolute Gasteiger partial charge is 0.345 e. The average Bonchev–Trinajstić information content (AvgIpc) is 2.64. The van der Waals surface area contributed by atoms with Crippen molar-refractivity contribution in [3.8, 4) is 0 Å². The van der Waals surface area contributed by atoms with Crippen LogP contribution in [-0.2, 0) is 15.3 Å². The molecule has 1 heterocycles. The highest BCUT2D eigenvalue weighted by atomic mass is 16.7. The molecular formula is C21H27NO2. The molecule has 24 heavy (non-hydrogen) atoms. The molecular weight excluding hydrogens is 298 g/mol. The Labute approximate surface area is 145 Å². The van der Waals surface area contributed by atoms with Crippen molar-refractivity contribution in [1.82, 2.24) is 4.90 Å². The zero-order valence-electron chi connectivity index (χ0n) is 14.8. The molecule has 3 rings (SSSR count). The van der Waals surface area contributed by atoms with Crippen molar-refractivity contribution in [3.63, 3.8) is 0 Å². The molecule has 0 aromatic heterocycles. The van der Waals surface area contributed by atoms with E-state index in [2.05, 4.69) is 68.4 Å². The lowest BCUT2D eigenvalue weighted by atomic mass is 9.91. The van der Waals surface area contributed by atoms with Gasteiger partial charge in [0, 0.05) is 23.9 Å². The minimum Gasteiger partial charge on any atom is -0.345 e. The Morgan fingerprint density at radius 3 is 2.00 bits per heavy atom. The topological polar surface area (TPSA) is 21.7 Å². The average molecular weight is 325 g/mol. The number of hydrogen-bond acceptors (Lipinski definition) is 3. The lowest BCUT2D eigenvalue weighted by Crippen LogP contribution is -2.45. The monoisotopic (exact) mass is 325 g/mol. The van der Waals surface area contributed by atoms with Crippen LogP contribution >= 0.6 is 0 Å². The number of hydrogen-bond donors (Lipinski definition) is 0. The summed E-state index contributed by atoms with van der Waals surface area (Å²) in [6.45, 7) is 3.51. The standard InChI is InChI=1S/C21H27NO2/c1-4-21(19-13-9-6-10-14-19)23-15-18(16-24-21)20(22(2)3)17-11-7-5-8-12-17/h5-14,18,20H,4,15-16H2,1-3H3. The Kier molecular flexibility index (Phi) is 5.34. The Morgan fingerprint density at radius 1 is 0.958 bits per heavy atom. The highest BCUT2D eigenvalue weighted by molar-refractivity contribution is 5.22. The molecule has 2 aromatic rings. The molecule has 0 saturated carbocycles. The molecule has 0 radical (unpaired) electrons. The fourth-order valence-electron chi connectivity index (χ4n) is 3.66. The van der Waals surface area contributed by atoms with E-state index in [1.165, 1.54) is 5.56 Å². The molecule has 0 amide bonds. The van der Waals surface area contributed by atoms with Gasteiger partial charge in [0.1, 0.15) is 0 Å². The molecule has 1 saturated heterocycles. The predicted molar refractivity (Wildman–Crippen MR) is 96.7 cm³/mol. The van der Waals surface area contributed by atoms with Gasteiger partial charge in [0.25, 0.3) is 0 Å². The third-order valence-electron chi connectivity index (χ3n) is 4.88. The van der Waals surface area contributed by atoms with E-state index in [1.807, 2.05) is 18.2 Å². The normalized spacial score (nSPS) is 25.6. The first kappa shape index (κ1) is 17.2. The summed E-state index contributed by atoms with van der Waals surface area (Å²) in [5.41, 5.74) is 2.41. The van der Waals surface area contributed by atoms with Gasteiger partial charge in [-0.25, -0.2) is 0 Å². The van der Waals surface area contributed by atoms with Crippen molar-refractivity contribution in [2.45, 2.75) is 25.2 Å². The molecule has 0 N–H and O–H groups in total. The van der Waals surface area contributed by atoms with Crippen LogP contribution in [0.15, 0.2) is 60.7 Å². The van der Waals surface area contributed by atoms with Gasteiger partial charge in [0.2, 0.25) is 0 Å². The van der Waals surface area contributed by atoms with Gasteiger partial charge in [0.05, 0.1) is 13.2 Å². The minimum absolute atomic E-state index is 0.289. The Hall–Kier alpha value is -1.68. The van der Waals surface area contributed by atoms with E-state index in [4.69, 9.17) is 9.47 Å². The number of ether oxygens (including phenoxy) is 2. The Bertz CT molecular complexity index is 619. The maximum Gasteiger partial charge on any atom is 0.194 e. The molecule has 1 fully saturated rings. The zero-order valence-corrected chi connectivity index (χ0v) is 14.8. The van der Waals surface area contributed by atoms with Crippen molar-refractivity contribution in [2.24, 2.45) is 5.92 Å². The first-order valence-electron chi connectivity index (χ1n) is 8.71. The summed E-state index contributed by atoms with van der Waals surface area (Å²) >= 11 is 0. The van der Waals surface area contributed by atoms with E-state index in [1.54, 1.807) is 0 Å². The second kappa shape index (κ2) is 7.47. The quantitative estimate of drug-likeness (QED) is 0.822. The molecule has 2 aromatic carbocycles. The number of rotatable bonds is 5. The predicted octanol–water partition coefficient (Wildman–Crippen LogP) is 4.22. The second-order valence-electron chi connectivity index (χ2n) is 6.67. The first-order chi connectivity index (χ1) is 11.7. The smallest absolute Gasteiger partial charge is 0.194 e. The molecule has 1 atom stereocenters. The van der Waals surface area contributed by atoms with Gasteiger partial charge in [-0.3, -0.25) is 0 Å². The first-order valence-corrected chi connectivity index (χ1v) is 8.71. The summed E-state index contributed by atoms with van der Waals surface area (Å²) in [6, 6.07) is 21.2. The summed E-state index contributed by atoms with van der Waals surface area (Å²) in [4.78, 5) is 2.26. The lowest BCUT2D eigenvalue weighted by molar-refractivity contribution is -0.299. The molecule has 0 bridgehead atoms. The van der Waals surface area contributed by atoms with E-state index in [9.17, 15) is 0 Å². The highest BCUT2D eigenvalue weighted by Gasteiger charge is 2.40. The van der Waals surface area contributed by atoms with Crippen LogP contribution in [-0.4, -0.2) is 32.2 Å². The summed E-state index contributed by atoms with van der Waals surface area (Å²) in [7, 11) is 4.24. The molecule has 128 valence electrons. The van der Waals surface area contributed by atoms with Crippen LogP contribution in [0.25, 0.3) is 0 Å². The SMILES string of the molecule is CCC1(c2ccccc2)OCC(C(c2ccccc2)N(C)C)CO1. The molecule has 3 heteroatoms. The van der Waals surface area contributed by atoms with Crippen LogP contribution in [0.1, 0.15) is 30.5 Å². The fourth-order valence-corrected chi connectivity index (χ4v) is 3.66. The van der Waals surface area contributed by atoms with Gasteiger partial charge in [-0.05, 0) is 19.7 Å². The van der Waals surface area contributed by atoms with Gasteiger partial charge < -0.3 is 14.4 Å². The molecule has 1 aliphatic rings. The van der Waals surface area contributed by atoms with E-state index < -0.39 is 5.79 Å². The summed E-state index contributed by atoms with van der Waals surface area (Å²) in [6.07, 6.45) is 0.807. The Balaban J connectivity index is 1.78. The summed E-state index contributed by atoms with van der Waals surface area (Å²) < 4.78 is 12.6. The van der Waals surface area contributed by atoms with Crippen molar-refractivity contribution in [2.75, 3.05) is 27.3 Å². The number of nitrogens with zero attached hydrogens (tertiary/aromatic N) is 1. The van der Waals surface area contributed by atoms with E-state index in [0.29, 0.717) is 19.1 Å². The lowest BCUT2D eigenvalue weighted by Gasteiger charge is -2.43.